The molecule has 0 radical (unpaired) electrons. The number of nitrogens with one attached hydrogen (secondary N) is 1. The maximum Gasteiger partial charge on any atom is 0.235 e. The molecule has 146 valence electrons. The molecule has 1 aromatic carbocycles. The van der Waals surface area contributed by atoms with Gasteiger partial charge in [0.1, 0.15) is 17.3 Å². The molecule has 1 aliphatic rings. The summed E-state index contributed by atoms with van der Waals surface area (Å²) in [5, 5.41) is 4.06. The van der Waals surface area contributed by atoms with E-state index in [1.807, 2.05) is 73.8 Å². The summed E-state index contributed by atoms with van der Waals surface area (Å²) in [5.41, 5.74) is 2.80. The van der Waals surface area contributed by atoms with Crippen LogP contribution in [0.1, 0.15) is 25.0 Å². The highest BCUT2D eigenvalue weighted by atomic mass is 16.7. The van der Waals surface area contributed by atoms with Crippen LogP contribution in [0.15, 0.2) is 90.6 Å². The molecule has 3 heterocycles. The second kappa shape index (κ2) is 8.48. The number of hydrogen-bond acceptors (Lipinski definition) is 5. The van der Waals surface area contributed by atoms with Gasteiger partial charge in [0.15, 0.2) is 6.10 Å². The summed E-state index contributed by atoms with van der Waals surface area (Å²) in [6.45, 7) is 5.83. The lowest BCUT2D eigenvalue weighted by Crippen LogP contribution is -2.07. The summed E-state index contributed by atoms with van der Waals surface area (Å²) < 4.78 is 11.5. The molecule has 1 atom stereocenters. The summed E-state index contributed by atoms with van der Waals surface area (Å²) in [6.07, 6.45) is 11.4. The smallest absolute Gasteiger partial charge is 0.235 e. The van der Waals surface area contributed by atoms with Gasteiger partial charge in [0.25, 0.3) is 0 Å². The Bertz CT molecular complexity index is 1090. The first-order valence-electron chi connectivity index (χ1n) is 9.31. The average Bonchev–Trinajstić information content (AvgIpc) is 3.38. The standard InChI is InChI=1S/C23H21N3O3/c1-3-4-5-6-16(2)27-18-9-7-17(8-10-18)22-14-23(26-29-22)28-19-13-21-20(25-15-19)11-12-24-21/h3-13,15,22,24H,2,14H2,1H3/b4-3-,6-5-/t22-/m1/s1. The van der Waals surface area contributed by atoms with Crippen LogP contribution >= 0.6 is 0 Å². The van der Waals surface area contributed by atoms with Crippen molar-refractivity contribution in [1.82, 2.24) is 9.97 Å². The van der Waals surface area contributed by atoms with Gasteiger partial charge in [0, 0.05) is 12.3 Å². The lowest BCUT2D eigenvalue weighted by atomic mass is 10.1. The van der Waals surface area contributed by atoms with Gasteiger partial charge in [0.2, 0.25) is 5.90 Å². The Labute approximate surface area is 168 Å². The molecule has 0 saturated heterocycles. The number of aromatic amines is 1. The number of rotatable bonds is 6. The third-order valence-corrected chi connectivity index (χ3v) is 4.34. The monoisotopic (exact) mass is 387 g/mol. The van der Waals surface area contributed by atoms with E-state index in [0.29, 0.717) is 29.6 Å². The molecule has 6 heteroatoms. The van der Waals surface area contributed by atoms with E-state index in [-0.39, 0.29) is 6.10 Å². The summed E-state index contributed by atoms with van der Waals surface area (Å²) in [4.78, 5) is 13.0. The number of allylic oxidation sites excluding steroid dienone is 4. The van der Waals surface area contributed by atoms with Crippen LogP contribution in [0.4, 0.5) is 0 Å². The van der Waals surface area contributed by atoms with E-state index < -0.39 is 0 Å². The highest BCUT2D eigenvalue weighted by Gasteiger charge is 2.24. The van der Waals surface area contributed by atoms with Gasteiger partial charge in [-0.25, -0.2) is 0 Å². The summed E-state index contributed by atoms with van der Waals surface area (Å²) in [6, 6.07) is 11.5. The second-order valence-corrected chi connectivity index (χ2v) is 6.49. The number of pyridine rings is 1. The van der Waals surface area contributed by atoms with Crippen LogP contribution < -0.4 is 9.47 Å². The number of hydrogen-bond donors (Lipinski definition) is 1. The minimum absolute atomic E-state index is 0.195. The van der Waals surface area contributed by atoms with E-state index in [1.54, 1.807) is 6.20 Å². The molecule has 3 aromatic rings. The Kier molecular flexibility index (Phi) is 5.42. The molecule has 1 aliphatic heterocycles. The fraction of sp³-hybridized carbons (Fsp3) is 0.130. The number of ether oxygens (including phenoxy) is 2. The highest BCUT2D eigenvalue weighted by Crippen LogP contribution is 2.30. The zero-order chi connectivity index (χ0) is 20.1. The van der Waals surface area contributed by atoms with Crippen molar-refractivity contribution in [1.29, 1.82) is 0 Å². The molecule has 0 spiro atoms. The molecule has 2 aromatic heterocycles. The van der Waals surface area contributed by atoms with E-state index in [9.17, 15) is 0 Å². The van der Waals surface area contributed by atoms with Crippen LogP contribution in [0.25, 0.3) is 11.0 Å². The van der Waals surface area contributed by atoms with Crippen molar-refractivity contribution in [2.75, 3.05) is 0 Å². The first-order chi connectivity index (χ1) is 14.2. The Hall–Kier alpha value is -3.80. The maximum absolute atomic E-state index is 5.82. The van der Waals surface area contributed by atoms with Crippen molar-refractivity contribution < 1.29 is 14.3 Å². The van der Waals surface area contributed by atoms with Crippen molar-refractivity contribution in [2.24, 2.45) is 5.16 Å². The number of fused-ring (bicyclic) bond motifs is 1. The second-order valence-electron chi connectivity index (χ2n) is 6.49. The van der Waals surface area contributed by atoms with E-state index in [0.717, 1.165) is 16.6 Å². The molecular weight excluding hydrogens is 366 g/mol. The topological polar surface area (TPSA) is 68.7 Å². The Morgan fingerprint density at radius 2 is 2.07 bits per heavy atom. The largest absolute Gasteiger partial charge is 0.458 e. The van der Waals surface area contributed by atoms with Crippen LogP contribution in [0, 0.1) is 0 Å². The van der Waals surface area contributed by atoms with Gasteiger partial charge in [0.05, 0.1) is 23.7 Å². The molecule has 29 heavy (non-hydrogen) atoms. The number of nitrogens with zero attached hydrogens (tertiary/aromatic N) is 2. The van der Waals surface area contributed by atoms with Crippen molar-refractivity contribution in [3.05, 3.63) is 91.0 Å². The third-order valence-electron chi connectivity index (χ3n) is 4.34. The van der Waals surface area contributed by atoms with Crippen molar-refractivity contribution in [2.45, 2.75) is 19.4 Å². The van der Waals surface area contributed by atoms with Gasteiger partial charge < -0.3 is 19.3 Å². The Morgan fingerprint density at radius 3 is 2.90 bits per heavy atom. The summed E-state index contributed by atoms with van der Waals surface area (Å²) in [7, 11) is 0. The maximum atomic E-state index is 5.82. The van der Waals surface area contributed by atoms with Crippen molar-refractivity contribution in [3.8, 4) is 11.5 Å². The lowest BCUT2D eigenvalue weighted by molar-refractivity contribution is 0.0855. The quantitative estimate of drug-likeness (QED) is 0.452. The van der Waals surface area contributed by atoms with E-state index in [2.05, 4.69) is 21.7 Å². The average molecular weight is 387 g/mol. The molecule has 0 fully saturated rings. The van der Waals surface area contributed by atoms with Crippen molar-refractivity contribution in [3.63, 3.8) is 0 Å². The summed E-state index contributed by atoms with van der Waals surface area (Å²) >= 11 is 0. The molecule has 1 N–H and O–H groups in total. The van der Waals surface area contributed by atoms with Gasteiger partial charge in [-0.15, -0.1) is 0 Å². The number of oxime groups is 1. The molecule has 0 unspecified atom stereocenters. The van der Waals surface area contributed by atoms with Crippen LogP contribution in [0.5, 0.6) is 11.5 Å². The van der Waals surface area contributed by atoms with Gasteiger partial charge in [-0.05, 0) is 36.8 Å². The molecule has 6 nitrogen and oxygen atoms in total. The summed E-state index contributed by atoms with van der Waals surface area (Å²) in [5.74, 6) is 2.42. The molecule has 0 bridgehead atoms. The van der Waals surface area contributed by atoms with Crippen LogP contribution in [-0.2, 0) is 4.84 Å². The Morgan fingerprint density at radius 1 is 1.21 bits per heavy atom. The van der Waals surface area contributed by atoms with Gasteiger partial charge in [-0.3, -0.25) is 4.98 Å². The highest BCUT2D eigenvalue weighted by molar-refractivity contribution is 5.81. The van der Waals surface area contributed by atoms with Crippen LogP contribution in [-0.4, -0.2) is 15.9 Å². The molecular formula is C23H21N3O3. The predicted molar refractivity (Wildman–Crippen MR) is 113 cm³/mol. The predicted octanol–water partition coefficient (Wildman–Crippen LogP) is 5.44. The van der Waals surface area contributed by atoms with E-state index in [4.69, 9.17) is 14.3 Å². The fourth-order valence-electron chi connectivity index (χ4n) is 2.91. The number of benzene rings is 1. The number of H-pyrrole nitrogens is 1. The molecule has 0 saturated carbocycles. The molecule has 0 aliphatic carbocycles. The first kappa shape index (κ1) is 18.6. The Balaban J connectivity index is 1.34. The molecule has 4 rings (SSSR count). The zero-order valence-corrected chi connectivity index (χ0v) is 16.0. The van der Waals surface area contributed by atoms with Crippen LogP contribution in [0.3, 0.4) is 0 Å². The van der Waals surface area contributed by atoms with E-state index >= 15 is 0 Å². The fourth-order valence-corrected chi connectivity index (χ4v) is 2.91. The zero-order valence-electron chi connectivity index (χ0n) is 16.0. The third kappa shape index (κ3) is 4.55. The van der Waals surface area contributed by atoms with Crippen LogP contribution in [0.2, 0.25) is 0 Å². The number of aromatic nitrogens is 2. The van der Waals surface area contributed by atoms with E-state index in [1.165, 1.54) is 0 Å². The normalized spacial score (nSPS) is 16.3. The molecule has 0 amide bonds. The lowest BCUT2D eigenvalue weighted by Gasteiger charge is -2.10. The van der Waals surface area contributed by atoms with Gasteiger partial charge in [-0.2, -0.15) is 0 Å². The van der Waals surface area contributed by atoms with Gasteiger partial charge >= 0.3 is 0 Å². The SMILES string of the molecule is C=C(/C=C\C=C/C)Oc1ccc([C@H]2CC(Oc3cnc4cc[nH]c4c3)=NO2)cc1. The first-order valence-corrected chi connectivity index (χ1v) is 9.31. The van der Waals surface area contributed by atoms with Crippen molar-refractivity contribution >= 4 is 16.9 Å². The van der Waals surface area contributed by atoms with Gasteiger partial charge in [-0.1, -0.05) is 42.1 Å². The minimum atomic E-state index is -0.195. The minimum Gasteiger partial charge on any atom is -0.458 e.